The van der Waals surface area contributed by atoms with Gasteiger partial charge in [-0.3, -0.25) is 0 Å². The van der Waals surface area contributed by atoms with E-state index in [0.29, 0.717) is 12.6 Å². The molecule has 0 radical (unpaired) electrons. The van der Waals surface area contributed by atoms with Crippen molar-refractivity contribution >= 4 is 11.6 Å². The highest BCUT2D eigenvalue weighted by atomic mass is 35.5. The van der Waals surface area contributed by atoms with Gasteiger partial charge in [-0.15, -0.1) is 0 Å². The predicted molar refractivity (Wildman–Crippen MR) is 85.2 cm³/mol. The molecule has 1 fully saturated rings. The van der Waals surface area contributed by atoms with Crippen molar-refractivity contribution in [3.63, 3.8) is 0 Å². The van der Waals surface area contributed by atoms with E-state index in [0.717, 1.165) is 30.0 Å². The van der Waals surface area contributed by atoms with E-state index >= 15 is 0 Å². The molecule has 1 aromatic rings. The van der Waals surface area contributed by atoms with Crippen molar-refractivity contribution in [1.29, 1.82) is 0 Å². The van der Waals surface area contributed by atoms with Gasteiger partial charge in [0.2, 0.25) is 0 Å². The summed E-state index contributed by atoms with van der Waals surface area (Å²) in [4.78, 5) is 0. The zero-order valence-corrected chi connectivity index (χ0v) is 13.4. The van der Waals surface area contributed by atoms with Gasteiger partial charge in [0.15, 0.2) is 0 Å². The fraction of sp³-hybridized carbons (Fsp3) is 0.647. The van der Waals surface area contributed by atoms with Crippen LogP contribution >= 0.6 is 11.6 Å². The molecule has 1 aliphatic rings. The van der Waals surface area contributed by atoms with Crippen LogP contribution in [0.4, 0.5) is 0 Å². The van der Waals surface area contributed by atoms with E-state index in [1.807, 2.05) is 18.2 Å². The first-order chi connectivity index (χ1) is 9.60. The lowest BCUT2D eigenvalue weighted by molar-refractivity contribution is -0.0794. The number of ether oxygens (including phenoxy) is 1. The number of benzene rings is 1. The normalized spacial score (nSPS) is 18.4. The van der Waals surface area contributed by atoms with E-state index in [-0.39, 0.29) is 5.60 Å². The Bertz CT molecular complexity index is 413. The molecule has 1 aliphatic carbocycles. The minimum Gasteiger partial charge on any atom is -0.369 e. The zero-order chi connectivity index (χ0) is 14.4. The highest BCUT2D eigenvalue weighted by Gasteiger charge is 2.32. The van der Waals surface area contributed by atoms with Gasteiger partial charge in [-0.2, -0.15) is 0 Å². The Morgan fingerprint density at radius 1 is 1.25 bits per heavy atom. The van der Waals surface area contributed by atoms with Crippen LogP contribution in [0.15, 0.2) is 24.3 Å². The molecular formula is C17H26ClNO. The molecule has 1 aromatic carbocycles. The Kier molecular flexibility index (Phi) is 5.88. The average molecular weight is 296 g/mol. The van der Waals surface area contributed by atoms with Crippen molar-refractivity contribution in [2.75, 3.05) is 6.54 Å². The van der Waals surface area contributed by atoms with Crippen LogP contribution in [-0.4, -0.2) is 18.2 Å². The van der Waals surface area contributed by atoms with E-state index in [1.165, 1.54) is 19.3 Å². The lowest BCUT2D eigenvalue weighted by Gasteiger charge is -2.38. The fourth-order valence-electron chi connectivity index (χ4n) is 2.82. The molecule has 112 valence electrons. The van der Waals surface area contributed by atoms with Gasteiger partial charge in [0.25, 0.3) is 0 Å². The molecule has 0 heterocycles. The molecule has 0 unspecified atom stereocenters. The van der Waals surface area contributed by atoms with Crippen LogP contribution in [0.5, 0.6) is 0 Å². The second-order valence-electron chi connectivity index (χ2n) is 6.20. The number of halogens is 1. The molecule has 0 aromatic heterocycles. The average Bonchev–Trinajstić information content (AvgIpc) is 2.44. The smallest absolute Gasteiger partial charge is 0.0810 e. The van der Waals surface area contributed by atoms with Gasteiger partial charge in [-0.25, -0.2) is 0 Å². The van der Waals surface area contributed by atoms with E-state index < -0.39 is 0 Å². The summed E-state index contributed by atoms with van der Waals surface area (Å²) in [5.74, 6) is 0. The Morgan fingerprint density at radius 3 is 2.65 bits per heavy atom. The number of rotatable bonds is 6. The van der Waals surface area contributed by atoms with E-state index in [9.17, 15) is 0 Å². The molecule has 3 heteroatoms. The van der Waals surface area contributed by atoms with Gasteiger partial charge in [0.1, 0.15) is 0 Å². The lowest BCUT2D eigenvalue weighted by Crippen LogP contribution is -2.46. The molecule has 0 saturated heterocycles. The van der Waals surface area contributed by atoms with Crippen LogP contribution < -0.4 is 5.32 Å². The molecule has 0 atom stereocenters. The van der Waals surface area contributed by atoms with Gasteiger partial charge in [0.05, 0.1) is 12.2 Å². The van der Waals surface area contributed by atoms with Crippen molar-refractivity contribution in [2.45, 2.75) is 64.2 Å². The highest BCUT2D eigenvalue weighted by Crippen LogP contribution is 2.32. The van der Waals surface area contributed by atoms with E-state index in [2.05, 4.69) is 25.2 Å². The highest BCUT2D eigenvalue weighted by molar-refractivity contribution is 6.30. The molecule has 0 spiro atoms. The summed E-state index contributed by atoms with van der Waals surface area (Å²) in [6.07, 6.45) is 6.20. The number of hydrogen-bond acceptors (Lipinski definition) is 2. The predicted octanol–water partition coefficient (Wildman–Crippen LogP) is 4.56. The Morgan fingerprint density at radius 2 is 2.00 bits per heavy atom. The summed E-state index contributed by atoms with van der Waals surface area (Å²) in [5, 5.41) is 4.33. The monoisotopic (exact) mass is 295 g/mol. The molecule has 0 aliphatic heterocycles. The third-order valence-corrected chi connectivity index (χ3v) is 4.27. The van der Waals surface area contributed by atoms with Crippen molar-refractivity contribution in [2.24, 2.45) is 0 Å². The first kappa shape index (κ1) is 15.8. The molecule has 0 bridgehead atoms. The summed E-state index contributed by atoms with van der Waals surface area (Å²) in [6.45, 7) is 5.98. The molecule has 2 nitrogen and oxygen atoms in total. The van der Waals surface area contributed by atoms with Crippen LogP contribution in [0.2, 0.25) is 5.02 Å². The quantitative estimate of drug-likeness (QED) is 0.831. The summed E-state index contributed by atoms with van der Waals surface area (Å²) in [7, 11) is 0. The second kappa shape index (κ2) is 7.44. The zero-order valence-electron chi connectivity index (χ0n) is 12.6. The van der Waals surface area contributed by atoms with Gasteiger partial charge in [-0.1, -0.05) is 56.8 Å². The minimum absolute atomic E-state index is 0.00480. The van der Waals surface area contributed by atoms with Crippen LogP contribution in [0.3, 0.4) is 0 Å². The number of nitrogens with one attached hydrogen (secondary N) is 1. The van der Waals surface area contributed by atoms with Crippen LogP contribution in [0.25, 0.3) is 0 Å². The fourth-order valence-corrected chi connectivity index (χ4v) is 3.03. The third kappa shape index (κ3) is 4.76. The first-order valence-corrected chi connectivity index (χ1v) is 8.09. The van der Waals surface area contributed by atoms with Gasteiger partial charge < -0.3 is 10.1 Å². The van der Waals surface area contributed by atoms with Crippen molar-refractivity contribution < 1.29 is 4.74 Å². The second-order valence-corrected chi connectivity index (χ2v) is 6.63. The summed E-state index contributed by atoms with van der Waals surface area (Å²) in [5.41, 5.74) is 1.16. The standard InChI is InChI=1S/C17H26ClNO/c1-14(2)19-13-17(9-4-3-5-10-17)20-12-15-7-6-8-16(18)11-15/h6-8,11,14,19H,3-5,9-10,12-13H2,1-2H3. The topological polar surface area (TPSA) is 21.3 Å². The first-order valence-electron chi connectivity index (χ1n) is 7.71. The van der Waals surface area contributed by atoms with Crippen LogP contribution in [-0.2, 0) is 11.3 Å². The maximum absolute atomic E-state index is 6.34. The Labute approximate surface area is 127 Å². The van der Waals surface area contributed by atoms with E-state index in [1.54, 1.807) is 0 Å². The molecular weight excluding hydrogens is 270 g/mol. The minimum atomic E-state index is 0.00480. The third-order valence-electron chi connectivity index (χ3n) is 4.03. The van der Waals surface area contributed by atoms with E-state index in [4.69, 9.17) is 16.3 Å². The summed E-state index contributed by atoms with van der Waals surface area (Å²) < 4.78 is 6.34. The van der Waals surface area contributed by atoms with Gasteiger partial charge >= 0.3 is 0 Å². The van der Waals surface area contributed by atoms with Crippen molar-refractivity contribution in [1.82, 2.24) is 5.32 Å². The molecule has 1 N–H and O–H groups in total. The largest absolute Gasteiger partial charge is 0.369 e. The van der Waals surface area contributed by atoms with Gasteiger partial charge in [-0.05, 0) is 30.5 Å². The SMILES string of the molecule is CC(C)NCC1(OCc2cccc(Cl)c2)CCCCC1. The maximum atomic E-state index is 6.34. The Balaban J connectivity index is 1.96. The van der Waals surface area contributed by atoms with Crippen LogP contribution in [0.1, 0.15) is 51.5 Å². The van der Waals surface area contributed by atoms with Crippen molar-refractivity contribution in [3.8, 4) is 0 Å². The summed E-state index contributed by atoms with van der Waals surface area (Å²) in [6, 6.07) is 8.47. The molecule has 0 amide bonds. The molecule has 1 saturated carbocycles. The summed E-state index contributed by atoms with van der Waals surface area (Å²) >= 11 is 6.04. The molecule has 20 heavy (non-hydrogen) atoms. The van der Waals surface area contributed by atoms with Crippen molar-refractivity contribution in [3.05, 3.63) is 34.9 Å². The lowest BCUT2D eigenvalue weighted by atomic mass is 9.84. The maximum Gasteiger partial charge on any atom is 0.0810 e. The van der Waals surface area contributed by atoms with Crippen LogP contribution in [0, 0.1) is 0 Å². The van der Waals surface area contributed by atoms with Gasteiger partial charge in [0, 0.05) is 17.6 Å². The molecule has 2 rings (SSSR count). The Hall–Kier alpha value is -0.570. The number of hydrogen-bond donors (Lipinski definition) is 1.